The number of fused-ring (bicyclic) bond motifs is 2. The van der Waals surface area contributed by atoms with Crippen LogP contribution in [0.15, 0.2) is 4.99 Å². The van der Waals surface area contributed by atoms with E-state index in [0.29, 0.717) is 11.8 Å². The van der Waals surface area contributed by atoms with Gasteiger partial charge in [-0.05, 0) is 6.92 Å². The van der Waals surface area contributed by atoms with Gasteiger partial charge in [-0.3, -0.25) is 0 Å². The minimum atomic E-state index is -0.866. The number of nitrogens with zero attached hydrogens (tertiary/aromatic N) is 3. The van der Waals surface area contributed by atoms with Crippen molar-refractivity contribution in [3.05, 3.63) is 0 Å². The van der Waals surface area contributed by atoms with Gasteiger partial charge in [-0.2, -0.15) is 10.5 Å². The molecule has 8 unspecified atom stereocenters. The first-order valence-corrected chi connectivity index (χ1v) is 7.02. The van der Waals surface area contributed by atoms with Crippen molar-refractivity contribution in [2.45, 2.75) is 38.0 Å². The lowest BCUT2D eigenvalue weighted by Crippen LogP contribution is -2.97. The summed E-state index contributed by atoms with van der Waals surface area (Å²) in [7, 11) is 1.56. The summed E-state index contributed by atoms with van der Waals surface area (Å²) < 4.78 is 11.7. The molecular formula is C15H15N3O2. The number of methoxy groups -OCH3 is 1. The van der Waals surface area contributed by atoms with Gasteiger partial charge in [-0.15, -0.1) is 0 Å². The van der Waals surface area contributed by atoms with Crippen LogP contribution in [0.1, 0.15) is 20.8 Å². The molecule has 102 valence electrons. The van der Waals surface area contributed by atoms with Gasteiger partial charge in [0.25, 0.3) is 0 Å². The molecule has 4 fully saturated rings. The molecule has 8 atom stereocenters. The van der Waals surface area contributed by atoms with Crippen LogP contribution in [0.4, 0.5) is 0 Å². The van der Waals surface area contributed by atoms with E-state index in [0.717, 1.165) is 0 Å². The third-order valence-electron chi connectivity index (χ3n) is 7.98. The summed E-state index contributed by atoms with van der Waals surface area (Å²) in [5.41, 5.74) is -2.63. The predicted molar refractivity (Wildman–Crippen MR) is 67.3 cm³/mol. The maximum absolute atomic E-state index is 9.89. The van der Waals surface area contributed by atoms with Gasteiger partial charge in [0.05, 0.1) is 19.3 Å². The van der Waals surface area contributed by atoms with Crippen molar-refractivity contribution in [1.29, 1.82) is 10.5 Å². The number of hydrogen-bond acceptors (Lipinski definition) is 5. The highest BCUT2D eigenvalue weighted by Crippen LogP contribution is 2.98. The van der Waals surface area contributed by atoms with Crippen LogP contribution < -0.4 is 0 Å². The highest BCUT2D eigenvalue weighted by Gasteiger charge is 3.07. The topological polar surface area (TPSA) is 78.4 Å². The minimum absolute atomic E-state index is 0.148. The molecule has 0 radical (unpaired) electrons. The Balaban J connectivity index is 1.92. The molecule has 0 spiro atoms. The van der Waals surface area contributed by atoms with Gasteiger partial charge in [-0.1, -0.05) is 13.8 Å². The average molecular weight is 269 g/mol. The Morgan fingerprint density at radius 3 is 2.45 bits per heavy atom. The lowest BCUT2D eigenvalue weighted by molar-refractivity contribution is -0.380. The number of ether oxygens (including phenoxy) is 2. The molecule has 2 heterocycles. The normalized spacial score (nSPS) is 69.5. The Morgan fingerprint density at radius 1 is 1.20 bits per heavy atom. The first-order valence-electron chi connectivity index (χ1n) is 7.02. The first-order chi connectivity index (χ1) is 9.37. The molecule has 0 aromatic rings. The lowest BCUT2D eigenvalue weighted by Gasteiger charge is -2.88. The molecule has 5 nitrogen and oxygen atoms in total. The van der Waals surface area contributed by atoms with Gasteiger partial charge in [0, 0.05) is 22.7 Å². The van der Waals surface area contributed by atoms with Gasteiger partial charge >= 0.3 is 0 Å². The van der Waals surface area contributed by atoms with Gasteiger partial charge in [0.15, 0.2) is 11.0 Å². The van der Waals surface area contributed by atoms with Crippen molar-refractivity contribution < 1.29 is 9.47 Å². The molecule has 5 rings (SSSR count). The van der Waals surface area contributed by atoms with Crippen LogP contribution in [0.2, 0.25) is 0 Å². The van der Waals surface area contributed by atoms with Crippen LogP contribution in [0, 0.1) is 50.7 Å². The molecule has 20 heavy (non-hydrogen) atoms. The highest BCUT2D eigenvalue weighted by atomic mass is 16.5. The van der Waals surface area contributed by atoms with E-state index in [1.165, 1.54) is 0 Å². The zero-order valence-electron chi connectivity index (χ0n) is 11.9. The first kappa shape index (κ1) is 11.1. The van der Waals surface area contributed by atoms with Crippen molar-refractivity contribution in [3.8, 4) is 12.1 Å². The molecule has 3 saturated carbocycles. The third-order valence-corrected chi connectivity index (χ3v) is 7.98. The fraction of sp³-hybridized carbons (Fsp3) is 0.800. The fourth-order valence-electron chi connectivity index (χ4n) is 6.99. The van der Waals surface area contributed by atoms with E-state index in [2.05, 4.69) is 26.0 Å². The van der Waals surface area contributed by atoms with Crippen LogP contribution in [-0.2, 0) is 9.47 Å². The minimum Gasteiger partial charge on any atom is -0.483 e. The summed E-state index contributed by atoms with van der Waals surface area (Å²) in [6.07, 6.45) is -0.238. The summed E-state index contributed by atoms with van der Waals surface area (Å²) in [4.78, 5) is 4.75. The summed E-state index contributed by atoms with van der Waals surface area (Å²) in [5, 5.41) is 19.6. The van der Waals surface area contributed by atoms with E-state index in [9.17, 15) is 10.5 Å². The van der Waals surface area contributed by atoms with Crippen LogP contribution >= 0.6 is 0 Å². The zero-order chi connectivity index (χ0) is 14.3. The highest BCUT2D eigenvalue weighted by molar-refractivity contribution is 5.94. The Hall–Kier alpha value is -1.59. The summed E-state index contributed by atoms with van der Waals surface area (Å²) in [6, 6.07) is 4.85. The Morgan fingerprint density at radius 2 is 1.90 bits per heavy atom. The number of nitriles is 2. The van der Waals surface area contributed by atoms with Crippen LogP contribution in [0.5, 0.6) is 0 Å². The molecule has 5 aliphatic rings. The third kappa shape index (κ3) is 0.477. The molecule has 0 N–H and O–H groups in total. The van der Waals surface area contributed by atoms with E-state index < -0.39 is 16.6 Å². The lowest BCUT2D eigenvalue weighted by atomic mass is 9.12. The molecule has 0 aromatic carbocycles. The maximum Gasteiger partial charge on any atom is 0.208 e. The van der Waals surface area contributed by atoms with Crippen molar-refractivity contribution in [2.24, 2.45) is 33.1 Å². The molecular weight excluding hydrogens is 254 g/mol. The van der Waals surface area contributed by atoms with Crippen LogP contribution in [0.3, 0.4) is 0 Å². The number of hydrogen-bond donors (Lipinski definition) is 0. The standard InChI is InChI=1S/C15H15N3O2/c1-11-7-8-12(11,2)13(3)15(8,6-17)20-9(7)14(11,5-16)10(18-13)19-4/h7-9H,1-4H3. The van der Waals surface area contributed by atoms with Crippen molar-refractivity contribution in [1.82, 2.24) is 0 Å². The van der Waals surface area contributed by atoms with Gasteiger partial charge < -0.3 is 9.47 Å². The SMILES string of the molecule is COC1=NC2(C)C3(C#N)OC4C5C3C2(C)C5(C)C14C#N. The van der Waals surface area contributed by atoms with E-state index in [1.807, 2.05) is 6.92 Å². The van der Waals surface area contributed by atoms with Crippen LogP contribution in [-0.4, -0.2) is 30.3 Å². The molecule has 3 aliphatic carbocycles. The zero-order valence-corrected chi connectivity index (χ0v) is 11.9. The van der Waals surface area contributed by atoms with E-state index in [-0.39, 0.29) is 22.9 Å². The molecule has 0 aromatic heterocycles. The Kier molecular flexibility index (Phi) is 1.26. The van der Waals surface area contributed by atoms with Crippen molar-refractivity contribution >= 4 is 5.90 Å². The van der Waals surface area contributed by atoms with E-state index >= 15 is 0 Å². The summed E-state index contributed by atoms with van der Waals surface area (Å²) in [5.74, 6) is 0.975. The van der Waals surface area contributed by atoms with Gasteiger partial charge in [0.1, 0.15) is 11.6 Å². The van der Waals surface area contributed by atoms with E-state index in [1.54, 1.807) is 7.11 Å². The van der Waals surface area contributed by atoms with Gasteiger partial charge in [-0.25, -0.2) is 4.99 Å². The summed E-state index contributed by atoms with van der Waals surface area (Å²) in [6.45, 7) is 6.34. The van der Waals surface area contributed by atoms with Crippen molar-refractivity contribution in [3.63, 3.8) is 0 Å². The largest absolute Gasteiger partial charge is 0.483 e. The second-order valence-corrected chi connectivity index (χ2v) is 7.41. The molecule has 5 heteroatoms. The monoisotopic (exact) mass is 269 g/mol. The van der Waals surface area contributed by atoms with E-state index in [4.69, 9.17) is 14.5 Å². The predicted octanol–water partition coefficient (Wildman–Crippen LogP) is 1.26. The Labute approximate surface area is 117 Å². The number of aliphatic imine (C=N–C) groups is 1. The summed E-state index contributed by atoms with van der Waals surface area (Å²) >= 11 is 0. The Bertz CT molecular complexity index is 720. The molecule has 2 aliphatic heterocycles. The average Bonchev–Trinajstić information content (AvgIpc) is 2.62. The molecule has 1 saturated heterocycles. The van der Waals surface area contributed by atoms with Crippen LogP contribution in [0.25, 0.3) is 0 Å². The van der Waals surface area contributed by atoms with Gasteiger partial charge in [0.2, 0.25) is 5.90 Å². The van der Waals surface area contributed by atoms with Crippen molar-refractivity contribution in [2.75, 3.05) is 7.11 Å². The quantitative estimate of drug-likeness (QED) is 0.663. The molecule has 0 bridgehead atoms. The second kappa shape index (κ2) is 2.27. The second-order valence-electron chi connectivity index (χ2n) is 7.41. The number of rotatable bonds is 0. The fourth-order valence-corrected chi connectivity index (χ4v) is 6.99. The smallest absolute Gasteiger partial charge is 0.208 e. The maximum atomic E-state index is 9.89. The molecule has 0 amide bonds.